The summed E-state index contributed by atoms with van der Waals surface area (Å²) in [4.78, 5) is 23.4. The number of hydrogen-bond donors (Lipinski definition) is 0. The zero-order valence-electron chi connectivity index (χ0n) is 21.1. The van der Waals surface area contributed by atoms with Crippen molar-refractivity contribution < 1.29 is 19.1 Å². The molecule has 1 unspecified atom stereocenters. The average molecular weight is 441 g/mol. The van der Waals surface area contributed by atoms with Crippen molar-refractivity contribution in [3.05, 3.63) is 0 Å². The van der Waals surface area contributed by atoms with Crippen molar-refractivity contribution in [2.45, 2.75) is 155 Å². The standard InChI is InChI=1S/C27H52O4/c1-4-6-8-9-10-11-12-13-14-15-16-17-18-19-20-24-30-26(28)22-23-27(29)31-25(3)21-7-5-2/h25H,4-24H2,1-3H3. The van der Waals surface area contributed by atoms with E-state index < -0.39 is 0 Å². The minimum atomic E-state index is -0.299. The third-order valence-corrected chi connectivity index (χ3v) is 5.84. The lowest BCUT2D eigenvalue weighted by molar-refractivity contribution is -0.153. The summed E-state index contributed by atoms with van der Waals surface area (Å²) in [6.07, 6.45) is 23.0. The first-order valence-electron chi connectivity index (χ1n) is 13.4. The fraction of sp³-hybridized carbons (Fsp3) is 0.926. The van der Waals surface area contributed by atoms with E-state index in [4.69, 9.17) is 9.47 Å². The second-order valence-electron chi connectivity index (χ2n) is 9.11. The summed E-state index contributed by atoms with van der Waals surface area (Å²) in [5, 5.41) is 0. The summed E-state index contributed by atoms with van der Waals surface area (Å²) in [5.41, 5.74) is 0. The first kappa shape index (κ1) is 29.9. The molecule has 0 aromatic carbocycles. The molecule has 0 amide bonds. The Morgan fingerprint density at radius 3 is 1.48 bits per heavy atom. The van der Waals surface area contributed by atoms with Crippen molar-refractivity contribution in [2.75, 3.05) is 6.61 Å². The third kappa shape index (κ3) is 23.4. The number of esters is 2. The highest BCUT2D eigenvalue weighted by atomic mass is 16.5. The fourth-order valence-electron chi connectivity index (χ4n) is 3.77. The van der Waals surface area contributed by atoms with Crippen LogP contribution >= 0.6 is 0 Å². The van der Waals surface area contributed by atoms with E-state index in [2.05, 4.69) is 13.8 Å². The maximum absolute atomic E-state index is 11.7. The van der Waals surface area contributed by atoms with Gasteiger partial charge in [0, 0.05) is 0 Å². The highest BCUT2D eigenvalue weighted by Gasteiger charge is 2.12. The minimum Gasteiger partial charge on any atom is -0.466 e. The number of carbonyl (C=O) groups excluding carboxylic acids is 2. The lowest BCUT2D eigenvalue weighted by Crippen LogP contribution is -2.16. The highest BCUT2D eigenvalue weighted by molar-refractivity contribution is 5.77. The molecular formula is C27H52O4. The summed E-state index contributed by atoms with van der Waals surface area (Å²) >= 11 is 0. The van der Waals surface area contributed by atoms with Gasteiger partial charge in [-0.3, -0.25) is 9.59 Å². The Balaban J connectivity index is 3.31. The van der Waals surface area contributed by atoms with E-state index in [1.54, 1.807) is 0 Å². The lowest BCUT2D eigenvalue weighted by Gasteiger charge is -2.12. The molecule has 0 aromatic rings. The first-order valence-corrected chi connectivity index (χ1v) is 13.4. The average Bonchev–Trinajstić information content (AvgIpc) is 2.76. The van der Waals surface area contributed by atoms with Crippen molar-refractivity contribution in [3.8, 4) is 0 Å². The van der Waals surface area contributed by atoms with Crippen LogP contribution in [0.1, 0.15) is 149 Å². The molecule has 0 spiro atoms. The number of rotatable bonds is 23. The SMILES string of the molecule is CCCCCCCCCCCCCCCCCOC(=O)CCC(=O)OC(C)CCCC. The first-order chi connectivity index (χ1) is 15.1. The predicted molar refractivity (Wildman–Crippen MR) is 130 cm³/mol. The molecule has 0 aliphatic heterocycles. The zero-order chi connectivity index (χ0) is 23.0. The van der Waals surface area contributed by atoms with E-state index in [1.807, 2.05) is 6.92 Å². The maximum atomic E-state index is 11.7. The van der Waals surface area contributed by atoms with Crippen LogP contribution in [0.4, 0.5) is 0 Å². The van der Waals surface area contributed by atoms with Gasteiger partial charge in [0.25, 0.3) is 0 Å². The molecule has 4 nitrogen and oxygen atoms in total. The summed E-state index contributed by atoms with van der Waals surface area (Å²) in [6, 6.07) is 0. The van der Waals surface area contributed by atoms with Crippen molar-refractivity contribution in [1.29, 1.82) is 0 Å². The van der Waals surface area contributed by atoms with Gasteiger partial charge in [-0.25, -0.2) is 0 Å². The molecule has 0 N–H and O–H groups in total. The van der Waals surface area contributed by atoms with Gasteiger partial charge >= 0.3 is 11.9 Å². The smallest absolute Gasteiger partial charge is 0.306 e. The van der Waals surface area contributed by atoms with Crippen molar-refractivity contribution in [1.82, 2.24) is 0 Å². The molecule has 0 heterocycles. The fourth-order valence-corrected chi connectivity index (χ4v) is 3.77. The Labute approximate surface area is 193 Å². The van der Waals surface area contributed by atoms with Crippen LogP contribution in [0.3, 0.4) is 0 Å². The Morgan fingerprint density at radius 1 is 0.581 bits per heavy atom. The van der Waals surface area contributed by atoms with Gasteiger partial charge in [0.1, 0.15) is 0 Å². The number of unbranched alkanes of at least 4 members (excludes halogenated alkanes) is 15. The van der Waals surface area contributed by atoms with Gasteiger partial charge in [-0.05, 0) is 19.8 Å². The zero-order valence-corrected chi connectivity index (χ0v) is 21.1. The van der Waals surface area contributed by atoms with Crippen LogP contribution in [0.25, 0.3) is 0 Å². The Morgan fingerprint density at radius 2 is 1.00 bits per heavy atom. The lowest BCUT2D eigenvalue weighted by atomic mass is 10.0. The van der Waals surface area contributed by atoms with Crippen molar-refractivity contribution >= 4 is 11.9 Å². The van der Waals surface area contributed by atoms with Crippen LogP contribution in [0.2, 0.25) is 0 Å². The quantitative estimate of drug-likeness (QED) is 0.118. The molecule has 184 valence electrons. The number of carbonyl (C=O) groups is 2. The van der Waals surface area contributed by atoms with E-state index in [0.29, 0.717) is 6.61 Å². The van der Waals surface area contributed by atoms with E-state index in [0.717, 1.165) is 32.1 Å². The molecule has 0 saturated carbocycles. The monoisotopic (exact) mass is 440 g/mol. The molecule has 0 aliphatic rings. The predicted octanol–water partition coefficient (Wildman–Crippen LogP) is 8.30. The van der Waals surface area contributed by atoms with E-state index in [1.165, 1.54) is 83.5 Å². The van der Waals surface area contributed by atoms with Gasteiger partial charge < -0.3 is 9.47 Å². The van der Waals surface area contributed by atoms with Crippen LogP contribution in [0.5, 0.6) is 0 Å². The topological polar surface area (TPSA) is 52.6 Å². The Hall–Kier alpha value is -1.06. The van der Waals surface area contributed by atoms with Crippen LogP contribution < -0.4 is 0 Å². The van der Waals surface area contributed by atoms with Crippen LogP contribution in [-0.2, 0) is 19.1 Å². The Kier molecular flexibility index (Phi) is 22.8. The van der Waals surface area contributed by atoms with Gasteiger partial charge in [0.15, 0.2) is 0 Å². The molecule has 0 fully saturated rings. The maximum Gasteiger partial charge on any atom is 0.306 e. The summed E-state index contributed by atoms with van der Waals surface area (Å²) in [6.45, 7) is 6.76. The van der Waals surface area contributed by atoms with Crippen LogP contribution in [0.15, 0.2) is 0 Å². The summed E-state index contributed by atoms with van der Waals surface area (Å²) in [5.74, 6) is -0.587. The van der Waals surface area contributed by atoms with Crippen LogP contribution in [-0.4, -0.2) is 24.6 Å². The summed E-state index contributed by atoms with van der Waals surface area (Å²) < 4.78 is 10.5. The molecule has 0 aliphatic carbocycles. The molecule has 0 rings (SSSR count). The number of hydrogen-bond acceptors (Lipinski definition) is 4. The molecular weight excluding hydrogens is 388 g/mol. The van der Waals surface area contributed by atoms with E-state index in [-0.39, 0.29) is 30.9 Å². The third-order valence-electron chi connectivity index (χ3n) is 5.84. The van der Waals surface area contributed by atoms with Gasteiger partial charge in [-0.2, -0.15) is 0 Å². The molecule has 0 saturated heterocycles. The normalized spacial score (nSPS) is 12.0. The molecule has 0 aromatic heterocycles. The molecule has 4 heteroatoms. The van der Waals surface area contributed by atoms with Crippen molar-refractivity contribution in [2.24, 2.45) is 0 Å². The van der Waals surface area contributed by atoms with Gasteiger partial charge in [0.2, 0.25) is 0 Å². The molecule has 0 bridgehead atoms. The second-order valence-corrected chi connectivity index (χ2v) is 9.11. The highest BCUT2D eigenvalue weighted by Crippen LogP contribution is 2.13. The molecule has 31 heavy (non-hydrogen) atoms. The van der Waals surface area contributed by atoms with E-state index in [9.17, 15) is 9.59 Å². The van der Waals surface area contributed by atoms with Crippen molar-refractivity contribution in [3.63, 3.8) is 0 Å². The van der Waals surface area contributed by atoms with Gasteiger partial charge in [-0.1, -0.05) is 117 Å². The van der Waals surface area contributed by atoms with E-state index >= 15 is 0 Å². The minimum absolute atomic E-state index is 0.0659. The molecule has 1 atom stereocenters. The molecule has 0 radical (unpaired) electrons. The van der Waals surface area contributed by atoms with Gasteiger partial charge in [-0.15, -0.1) is 0 Å². The van der Waals surface area contributed by atoms with Gasteiger partial charge in [0.05, 0.1) is 25.6 Å². The number of ether oxygens (including phenoxy) is 2. The second kappa shape index (κ2) is 23.6. The van der Waals surface area contributed by atoms with Crippen LogP contribution in [0, 0.1) is 0 Å². The summed E-state index contributed by atoms with van der Waals surface area (Å²) in [7, 11) is 0. The largest absolute Gasteiger partial charge is 0.466 e. The Bertz CT molecular complexity index is 408.